The SMILES string of the molecule is COc1ccccc1[C@@H](CC#N)N1CCNCC1. The Balaban J connectivity index is 2.25. The van der Waals surface area contributed by atoms with Gasteiger partial charge < -0.3 is 10.1 Å². The highest BCUT2D eigenvalue weighted by Crippen LogP contribution is 2.31. The molecule has 0 aromatic heterocycles. The summed E-state index contributed by atoms with van der Waals surface area (Å²) < 4.78 is 5.41. The molecule has 1 aliphatic heterocycles. The normalized spacial score (nSPS) is 18.0. The Kier molecular flexibility index (Phi) is 4.57. The lowest BCUT2D eigenvalue weighted by atomic mass is 10.0. The standard InChI is InChI=1S/C14H19N3O/c1-18-14-5-3-2-4-12(14)13(6-7-15)17-10-8-16-9-11-17/h2-5,13,16H,6,8-11H2,1H3/t13-/m1/s1. The molecule has 1 aromatic rings. The van der Waals surface area contributed by atoms with Gasteiger partial charge in [0.2, 0.25) is 0 Å². The smallest absolute Gasteiger partial charge is 0.123 e. The van der Waals surface area contributed by atoms with Crippen LogP contribution in [0, 0.1) is 11.3 Å². The van der Waals surface area contributed by atoms with Gasteiger partial charge in [-0.15, -0.1) is 0 Å². The van der Waals surface area contributed by atoms with Crippen LogP contribution >= 0.6 is 0 Å². The Morgan fingerprint density at radius 3 is 2.78 bits per heavy atom. The summed E-state index contributed by atoms with van der Waals surface area (Å²) in [5, 5.41) is 12.4. The minimum Gasteiger partial charge on any atom is -0.496 e. The quantitative estimate of drug-likeness (QED) is 0.874. The number of nitrogens with one attached hydrogen (secondary N) is 1. The molecule has 18 heavy (non-hydrogen) atoms. The average molecular weight is 245 g/mol. The Bertz CT molecular complexity index is 421. The lowest BCUT2D eigenvalue weighted by Crippen LogP contribution is -2.45. The summed E-state index contributed by atoms with van der Waals surface area (Å²) in [6, 6.07) is 10.4. The topological polar surface area (TPSA) is 48.3 Å². The molecular formula is C14H19N3O. The van der Waals surface area contributed by atoms with Crippen LogP contribution in [0.1, 0.15) is 18.0 Å². The molecule has 1 fully saturated rings. The maximum absolute atomic E-state index is 9.06. The fraction of sp³-hybridized carbons (Fsp3) is 0.500. The van der Waals surface area contributed by atoms with Crippen molar-refractivity contribution in [1.29, 1.82) is 5.26 Å². The van der Waals surface area contributed by atoms with E-state index in [0.29, 0.717) is 6.42 Å². The molecule has 0 amide bonds. The van der Waals surface area contributed by atoms with E-state index in [9.17, 15) is 0 Å². The van der Waals surface area contributed by atoms with Crippen molar-refractivity contribution in [2.45, 2.75) is 12.5 Å². The van der Waals surface area contributed by atoms with Crippen molar-refractivity contribution in [2.75, 3.05) is 33.3 Å². The van der Waals surface area contributed by atoms with Gasteiger partial charge in [0, 0.05) is 31.7 Å². The third-order valence-corrected chi connectivity index (χ3v) is 3.37. The zero-order valence-electron chi connectivity index (χ0n) is 10.7. The van der Waals surface area contributed by atoms with E-state index in [0.717, 1.165) is 37.5 Å². The second-order valence-electron chi connectivity index (χ2n) is 4.41. The molecular weight excluding hydrogens is 226 g/mol. The van der Waals surface area contributed by atoms with Crippen LogP contribution in [0.15, 0.2) is 24.3 Å². The maximum Gasteiger partial charge on any atom is 0.123 e. The molecule has 0 saturated carbocycles. The van der Waals surface area contributed by atoms with Crippen LogP contribution in [0.25, 0.3) is 0 Å². The first kappa shape index (κ1) is 12.9. The van der Waals surface area contributed by atoms with Gasteiger partial charge in [-0.1, -0.05) is 18.2 Å². The Labute approximate surface area is 108 Å². The third kappa shape index (κ3) is 2.81. The van der Waals surface area contributed by atoms with E-state index >= 15 is 0 Å². The van der Waals surface area contributed by atoms with Gasteiger partial charge in [-0.2, -0.15) is 5.26 Å². The van der Waals surface area contributed by atoms with Gasteiger partial charge in [0.1, 0.15) is 5.75 Å². The molecule has 4 heteroatoms. The van der Waals surface area contributed by atoms with Crippen LogP contribution in [-0.4, -0.2) is 38.2 Å². The van der Waals surface area contributed by atoms with Crippen LogP contribution < -0.4 is 10.1 Å². The molecule has 1 saturated heterocycles. The van der Waals surface area contributed by atoms with E-state index in [1.54, 1.807) is 7.11 Å². The molecule has 1 N–H and O–H groups in total. The molecule has 1 aromatic carbocycles. The van der Waals surface area contributed by atoms with Gasteiger partial charge in [-0.3, -0.25) is 4.90 Å². The predicted octanol–water partition coefficient (Wildman–Crippen LogP) is 1.56. The van der Waals surface area contributed by atoms with Gasteiger partial charge in [0.05, 0.1) is 25.6 Å². The summed E-state index contributed by atoms with van der Waals surface area (Å²) in [6.07, 6.45) is 0.500. The van der Waals surface area contributed by atoms with Crippen molar-refractivity contribution in [2.24, 2.45) is 0 Å². The zero-order chi connectivity index (χ0) is 12.8. The largest absolute Gasteiger partial charge is 0.496 e. The van der Waals surface area contributed by atoms with Crippen LogP contribution in [0.5, 0.6) is 5.75 Å². The maximum atomic E-state index is 9.06. The lowest BCUT2D eigenvalue weighted by Gasteiger charge is -2.34. The van der Waals surface area contributed by atoms with Crippen molar-refractivity contribution in [3.05, 3.63) is 29.8 Å². The van der Waals surface area contributed by atoms with Crippen molar-refractivity contribution in [1.82, 2.24) is 10.2 Å². The van der Waals surface area contributed by atoms with Crippen LogP contribution in [-0.2, 0) is 0 Å². The number of ether oxygens (including phenoxy) is 1. The molecule has 2 rings (SSSR count). The van der Waals surface area contributed by atoms with E-state index in [1.807, 2.05) is 18.2 Å². The van der Waals surface area contributed by atoms with Crippen molar-refractivity contribution < 1.29 is 4.74 Å². The predicted molar refractivity (Wildman–Crippen MR) is 70.4 cm³/mol. The number of rotatable bonds is 4. The Morgan fingerprint density at radius 1 is 1.39 bits per heavy atom. The van der Waals surface area contributed by atoms with Gasteiger partial charge in [0.25, 0.3) is 0 Å². The molecule has 0 aliphatic carbocycles. The second-order valence-corrected chi connectivity index (χ2v) is 4.41. The number of methoxy groups -OCH3 is 1. The van der Waals surface area contributed by atoms with Crippen molar-refractivity contribution in [3.8, 4) is 11.8 Å². The minimum absolute atomic E-state index is 0.133. The number of nitrogens with zero attached hydrogens (tertiary/aromatic N) is 2. The summed E-state index contributed by atoms with van der Waals surface area (Å²) in [6.45, 7) is 3.92. The van der Waals surface area contributed by atoms with E-state index in [2.05, 4.69) is 22.4 Å². The Morgan fingerprint density at radius 2 is 2.11 bits per heavy atom. The summed E-state index contributed by atoms with van der Waals surface area (Å²) in [7, 11) is 1.68. The zero-order valence-corrected chi connectivity index (χ0v) is 10.7. The van der Waals surface area contributed by atoms with Crippen molar-refractivity contribution >= 4 is 0 Å². The van der Waals surface area contributed by atoms with E-state index in [4.69, 9.17) is 10.00 Å². The van der Waals surface area contributed by atoms with Crippen LogP contribution in [0.3, 0.4) is 0 Å². The summed E-state index contributed by atoms with van der Waals surface area (Å²) in [5.74, 6) is 0.872. The first-order valence-corrected chi connectivity index (χ1v) is 6.31. The summed E-state index contributed by atoms with van der Waals surface area (Å²) in [5.41, 5.74) is 1.11. The molecule has 0 bridgehead atoms. The highest BCUT2D eigenvalue weighted by atomic mass is 16.5. The molecule has 1 aliphatic rings. The highest BCUT2D eigenvalue weighted by Gasteiger charge is 2.24. The third-order valence-electron chi connectivity index (χ3n) is 3.37. The number of para-hydroxylation sites is 1. The highest BCUT2D eigenvalue weighted by molar-refractivity contribution is 5.36. The monoisotopic (exact) mass is 245 g/mol. The van der Waals surface area contributed by atoms with Gasteiger partial charge in [-0.05, 0) is 6.07 Å². The second kappa shape index (κ2) is 6.39. The number of nitriles is 1. The van der Waals surface area contributed by atoms with Gasteiger partial charge in [0.15, 0.2) is 0 Å². The molecule has 96 valence electrons. The Hall–Kier alpha value is -1.57. The summed E-state index contributed by atoms with van der Waals surface area (Å²) in [4.78, 5) is 2.36. The van der Waals surface area contributed by atoms with Gasteiger partial charge in [-0.25, -0.2) is 0 Å². The number of hydrogen-bond donors (Lipinski definition) is 1. The first-order chi connectivity index (χ1) is 8.86. The first-order valence-electron chi connectivity index (χ1n) is 6.31. The average Bonchev–Trinajstić information content (AvgIpc) is 2.46. The fourth-order valence-electron chi connectivity index (χ4n) is 2.46. The molecule has 0 spiro atoms. The fourth-order valence-corrected chi connectivity index (χ4v) is 2.46. The van der Waals surface area contributed by atoms with E-state index in [-0.39, 0.29) is 6.04 Å². The number of benzene rings is 1. The molecule has 1 heterocycles. The summed E-state index contributed by atoms with van der Waals surface area (Å²) >= 11 is 0. The van der Waals surface area contributed by atoms with Crippen LogP contribution in [0.4, 0.5) is 0 Å². The lowest BCUT2D eigenvalue weighted by molar-refractivity contribution is 0.173. The molecule has 1 atom stereocenters. The van der Waals surface area contributed by atoms with Gasteiger partial charge >= 0.3 is 0 Å². The molecule has 0 unspecified atom stereocenters. The van der Waals surface area contributed by atoms with E-state index < -0.39 is 0 Å². The molecule has 0 radical (unpaired) electrons. The van der Waals surface area contributed by atoms with E-state index in [1.165, 1.54) is 0 Å². The molecule has 4 nitrogen and oxygen atoms in total. The minimum atomic E-state index is 0.133. The van der Waals surface area contributed by atoms with Crippen molar-refractivity contribution in [3.63, 3.8) is 0 Å². The number of piperazine rings is 1. The number of hydrogen-bond acceptors (Lipinski definition) is 4. The van der Waals surface area contributed by atoms with Crippen LogP contribution in [0.2, 0.25) is 0 Å².